The van der Waals surface area contributed by atoms with Gasteiger partial charge in [0.05, 0.1) is 30.5 Å². The number of rotatable bonds is 2. The number of carboxylic acids is 1. The molecule has 2 unspecified atom stereocenters. The number of carbonyl (C=O) groups is 2. The summed E-state index contributed by atoms with van der Waals surface area (Å²) in [5.41, 5.74) is -0.789. The number of nitrogens with zero attached hydrogens (tertiary/aromatic N) is 1. The third-order valence-corrected chi connectivity index (χ3v) is 3.78. The average molecular weight is 241 g/mol. The molecule has 2 aliphatic rings. The number of aliphatic hydroxyl groups is 1. The molecule has 1 aliphatic carbocycles. The standard InChI is InChI=1S/C12H19NO4/c1-12(17)6-13(7-12)10(14)8-4-2-3-5-9(8)11(15)16/h8-9,17H,2-7H2,1H3,(H,15,16). The van der Waals surface area contributed by atoms with E-state index in [9.17, 15) is 14.7 Å². The third-order valence-electron chi connectivity index (χ3n) is 3.78. The van der Waals surface area contributed by atoms with Gasteiger partial charge < -0.3 is 15.1 Å². The summed E-state index contributed by atoms with van der Waals surface area (Å²) in [5.74, 6) is -1.89. The zero-order chi connectivity index (χ0) is 12.6. The number of carboxylic acid groups (broad SMARTS) is 1. The van der Waals surface area contributed by atoms with Crippen molar-refractivity contribution in [1.29, 1.82) is 0 Å². The first kappa shape index (κ1) is 12.4. The molecule has 2 rings (SSSR count). The molecule has 2 fully saturated rings. The number of β-amino-alcohol motifs (C(OH)–C–C–N with tert-alkyl or cyclic N) is 1. The lowest BCUT2D eigenvalue weighted by atomic mass is 9.77. The van der Waals surface area contributed by atoms with Crippen LogP contribution in [-0.2, 0) is 9.59 Å². The predicted molar refractivity (Wildman–Crippen MR) is 60.3 cm³/mol. The van der Waals surface area contributed by atoms with E-state index in [2.05, 4.69) is 0 Å². The first-order chi connectivity index (χ1) is 7.91. The van der Waals surface area contributed by atoms with Crippen molar-refractivity contribution in [3.63, 3.8) is 0 Å². The van der Waals surface area contributed by atoms with Crippen LogP contribution in [0.5, 0.6) is 0 Å². The van der Waals surface area contributed by atoms with Crippen LogP contribution in [0.15, 0.2) is 0 Å². The molecule has 0 aromatic heterocycles. The fraction of sp³-hybridized carbons (Fsp3) is 0.833. The highest BCUT2D eigenvalue weighted by atomic mass is 16.4. The molecule has 1 aliphatic heterocycles. The van der Waals surface area contributed by atoms with E-state index < -0.39 is 23.4 Å². The maximum absolute atomic E-state index is 12.1. The minimum absolute atomic E-state index is 0.0939. The van der Waals surface area contributed by atoms with E-state index in [1.165, 1.54) is 0 Å². The minimum Gasteiger partial charge on any atom is -0.481 e. The summed E-state index contributed by atoms with van der Waals surface area (Å²) in [4.78, 5) is 24.8. The monoisotopic (exact) mass is 241 g/mol. The van der Waals surface area contributed by atoms with E-state index in [1.807, 2.05) is 0 Å². The summed E-state index contributed by atoms with van der Waals surface area (Å²) >= 11 is 0. The highest BCUT2D eigenvalue weighted by Crippen LogP contribution is 2.34. The van der Waals surface area contributed by atoms with Gasteiger partial charge in [-0.1, -0.05) is 12.8 Å². The smallest absolute Gasteiger partial charge is 0.307 e. The lowest BCUT2D eigenvalue weighted by Crippen LogP contribution is -2.63. The quantitative estimate of drug-likeness (QED) is 0.736. The Morgan fingerprint density at radius 3 is 2.18 bits per heavy atom. The van der Waals surface area contributed by atoms with Gasteiger partial charge in [-0.15, -0.1) is 0 Å². The molecular formula is C12H19NO4. The van der Waals surface area contributed by atoms with E-state index in [-0.39, 0.29) is 5.91 Å². The summed E-state index contributed by atoms with van der Waals surface area (Å²) < 4.78 is 0. The van der Waals surface area contributed by atoms with Crippen molar-refractivity contribution in [2.75, 3.05) is 13.1 Å². The van der Waals surface area contributed by atoms with Crippen LogP contribution in [0.1, 0.15) is 32.6 Å². The van der Waals surface area contributed by atoms with Crippen LogP contribution in [-0.4, -0.2) is 45.7 Å². The normalized spacial score (nSPS) is 31.8. The topological polar surface area (TPSA) is 77.8 Å². The number of hydrogen-bond donors (Lipinski definition) is 2. The van der Waals surface area contributed by atoms with Gasteiger partial charge in [-0.25, -0.2) is 0 Å². The van der Waals surface area contributed by atoms with Crippen LogP contribution < -0.4 is 0 Å². The second-order valence-electron chi connectivity index (χ2n) is 5.53. The SMILES string of the molecule is CC1(O)CN(C(=O)C2CCCCC2C(=O)O)C1. The summed E-state index contributed by atoms with van der Waals surface area (Å²) in [5, 5.41) is 18.7. The van der Waals surface area contributed by atoms with Crippen molar-refractivity contribution in [2.24, 2.45) is 11.8 Å². The molecule has 1 heterocycles. The summed E-state index contributed by atoms with van der Waals surface area (Å²) in [6, 6.07) is 0. The van der Waals surface area contributed by atoms with Gasteiger partial charge in [0.2, 0.25) is 5.91 Å². The lowest BCUT2D eigenvalue weighted by Gasteiger charge is -2.46. The summed E-state index contributed by atoms with van der Waals surface area (Å²) in [7, 11) is 0. The first-order valence-corrected chi connectivity index (χ1v) is 6.15. The number of carbonyl (C=O) groups excluding carboxylic acids is 1. The number of hydrogen-bond acceptors (Lipinski definition) is 3. The molecule has 5 heteroatoms. The summed E-state index contributed by atoms with van der Waals surface area (Å²) in [6.07, 6.45) is 3.06. The Hall–Kier alpha value is -1.10. The summed E-state index contributed by atoms with van der Waals surface area (Å²) in [6.45, 7) is 2.34. The second kappa shape index (κ2) is 4.29. The minimum atomic E-state index is -0.865. The zero-order valence-corrected chi connectivity index (χ0v) is 10.1. The third kappa shape index (κ3) is 2.44. The second-order valence-corrected chi connectivity index (χ2v) is 5.53. The van der Waals surface area contributed by atoms with Crippen molar-refractivity contribution in [3.8, 4) is 0 Å². The van der Waals surface area contributed by atoms with Crippen LogP contribution in [0.2, 0.25) is 0 Å². The molecule has 0 aromatic rings. The van der Waals surface area contributed by atoms with Gasteiger partial charge in [0.15, 0.2) is 0 Å². The van der Waals surface area contributed by atoms with Gasteiger partial charge in [0, 0.05) is 0 Å². The maximum atomic E-state index is 12.1. The van der Waals surface area contributed by atoms with Crippen LogP contribution >= 0.6 is 0 Å². The Balaban J connectivity index is 2.00. The fourth-order valence-corrected chi connectivity index (χ4v) is 2.89. The van der Waals surface area contributed by atoms with Crippen molar-refractivity contribution >= 4 is 11.9 Å². The first-order valence-electron chi connectivity index (χ1n) is 6.15. The van der Waals surface area contributed by atoms with Crippen LogP contribution in [0.4, 0.5) is 0 Å². The van der Waals surface area contributed by atoms with Crippen LogP contribution in [0, 0.1) is 11.8 Å². The molecule has 17 heavy (non-hydrogen) atoms. The largest absolute Gasteiger partial charge is 0.481 e. The number of amides is 1. The van der Waals surface area contributed by atoms with Crippen molar-refractivity contribution in [3.05, 3.63) is 0 Å². The van der Waals surface area contributed by atoms with Crippen molar-refractivity contribution in [1.82, 2.24) is 4.90 Å². The molecule has 1 saturated heterocycles. The highest BCUT2D eigenvalue weighted by molar-refractivity contribution is 5.85. The molecule has 96 valence electrons. The van der Waals surface area contributed by atoms with Gasteiger partial charge in [-0.2, -0.15) is 0 Å². The zero-order valence-electron chi connectivity index (χ0n) is 10.1. The Morgan fingerprint density at radius 1 is 1.18 bits per heavy atom. The molecule has 1 amide bonds. The van der Waals surface area contributed by atoms with Crippen molar-refractivity contribution in [2.45, 2.75) is 38.2 Å². The molecule has 5 nitrogen and oxygen atoms in total. The Bertz CT molecular complexity index is 331. The molecule has 0 aromatic carbocycles. The Morgan fingerprint density at radius 2 is 1.71 bits per heavy atom. The van der Waals surface area contributed by atoms with Gasteiger partial charge in [0.25, 0.3) is 0 Å². The van der Waals surface area contributed by atoms with Crippen LogP contribution in [0.3, 0.4) is 0 Å². The average Bonchev–Trinajstić information content (AvgIpc) is 2.24. The highest BCUT2D eigenvalue weighted by Gasteiger charge is 2.45. The maximum Gasteiger partial charge on any atom is 0.307 e. The molecule has 0 spiro atoms. The van der Waals surface area contributed by atoms with E-state index in [1.54, 1.807) is 11.8 Å². The number of likely N-dealkylation sites (tertiary alicyclic amines) is 1. The molecular weight excluding hydrogens is 222 g/mol. The van der Waals surface area contributed by atoms with Gasteiger partial charge in [-0.3, -0.25) is 9.59 Å². The Kier molecular flexibility index (Phi) is 3.12. The van der Waals surface area contributed by atoms with Gasteiger partial charge >= 0.3 is 5.97 Å². The number of aliphatic carboxylic acids is 1. The van der Waals surface area contributed by atoms with E-state index >= 15 is 0 Å². The van der Waals surface area contributed by atoms with E-state index in [0.717, 1.165) is 12.8 Å². The molecule has 0 bridgehead atoms. The predicted octanol–water partition coefficient (Wildman–Crippen LogP) is 0.471. The molecule has 1 saturated carbocycles. The van der Waals surface area contributed by atoms with E-state index in [4.69, 9.17) is 5.11 Å². The van der Waals surface area contributed by atoms with Gasteiger partial charge in [0.1, 0.15) is 0 Å². The molecule has 2 N–H and O–H groups in total. The lowest BCUT2D eigenvalue weighted by molar-refractivity contribution is -0.164. The van der Waals surface area contributed by atoms with Gasteiger partial charge in [-0.05, 0) is 19.8 Å². The molecule has 2 atom stereocenters. The van der Waals surface area contributed by atoms with E-state index in [0.29, 0.717) is 25.9 Å². The van der Waals surface area contributed by atoms with Crippen molar-refractivity contribution < 1.29 is 19.8 Å². The van der Waals surface area contributed by atoms with Crippen LogP contribution in [0.25, 0.3) is 0 Å². The Labute approximate surface area is 100 Å². The fourth-order valence-electron chi connectivity index (χ4n) is 2.89. The molecule has 0 radical (unpaired) electrons.